The molecule has 1 amide bonds. The van der Waals surface area contributed by atoms with Gasteiger partial charge in [0, 0.05) is 6.42 Å². The molecular weight excluding hydrogens is 602 g/mol. The third kappa shape index (κ3) is 37.2. The standard InChI is InChI=1S/C45H81NO3/c1-3-5-7-9-11-13-15-17-19-21-22-23-25-26-28-30-32-34-36-38-40-44(48)43(42-47)46-45(49)41-39-37-35-33-31-29-27-24-20-18-16-14-12-10-8-6-4-2/h6,8,12,14,18,20,27,29,33,35,43-44,47-48H,3-5,7,9-11,13,15-17,19,21-26,28,30-32,34,36-42H2,1-2H3,(H,46,49)/b8-6-,14-12-,20-18-,29-27-,35-33-. The van der Waals surface area contributed by atoms with E-state index in [1.165, 1.54) is 116 Å². The van der Waals surface area contributed by atoms with Crippen molar-refractivity contribution in [3.05, 3.63) is 60.8 Å². The second-order valence-electron chi connectivity index (χ2n) is 14.0. The van der Waals surface area contributed by atoms with Crippen LogP contribution in [-0.2, 0) is 4.79 Å². The van der Waals surface area contributed by atoms with E-state index >= 15 is 0 Å². The van der Waals surface area contributed by atoms with Gasteiger partial charge >= 0.3 is 0 Å². The summed E-state index contributed by atoms with van der Waals surface area (Å²) in [6.07, 6.45) is 55.8. The van der Waals surface area contributed by atoms with Gasteiger partial charge in [0.25, 0.3) is 0 Å². The summed E-state index contributed by atoms with van der Waals surface area (Å²) in [5.41, 5.74) is 0. The first-order valence-corrected chi connectivity index (χ1v) is 21.0. The molecular formula is C45H81NO3. The van der Waals surface area contributed by atoms with Crippen LogP contribution in [0.3, 0.4) is 0 Å². The van der Waals surface area contributed by atoms with Gasteiger partial charge in [-0.05, 0) is 51.4 Å². The molecule has 3 N–H and O–H groups in total. The zero-order valence-corrected chi connectivity index (χ0v) is 32.4. The first-order valence-electron chi connectivity index (χ1n) is 21.0. The Bertz CT molecular complexity index is 827. The lowest BCUT2D eigenvalue weighted by molar-refractivity contribution is -0.123. The molecule has 0 spiro atoms. The predicted octanol–water partition coefficient (Wildman–Crippen LogP) is 13.0. The predicted molar refractivity (Wildman–Crippen MR) is 216 cm³/mol. The number of amides is 1. The van der Waals surface area contributed by atoms with Crippen molar-refractivity contribution >= 4 is 5.91 Å². The van der Waals surface area contributed by atoms with Crippen molar-refractivity contribution in [2.75, 3.05) is 6.61 Å². The number of hydrogen-bond acceptors (Lipinski definition) is 3. The molecule has 0 aliphatic carbocycles. The fourth-order valence-corrected chi connectivity index (χ4v) is 6.10. The second kappa shape index (κ2) is 40.5. The normalized spacial score (nSPS) is 13.6. The molecule has 49 heavy (non-hydrogen) atoms. The molecule has 0 bridgehead atoms. The third-order valence-electron chi connectivity index (χ3n) is 9.29. The van der Waals surface area contributed by atoms with Gasteiger partial charge in [0.05, 0.1) is 18.8 Å². The third-order valence-corrected chi connectivity index (χ3v) is 9.29. The molecule has 0 saturated carbocycles. The molecule has 0 rings (SSSR count). The van der Waals surface area contributed by atoms with E-state index in [1.807, 2.05) is 0 Å². The van der Waals surface area contributed by atoms with Crippen LogP contribution in [0.2, 0.25) is 0 Å². The Morgan fingerprint density at radius 2 is 0.878 bits per heavy atom. The maximum absolute atomic E-state index is 12.4. The van der Waals surface area contributed by atoms with Crippen molar-refractivity contribution < 1.29 is 15.0 Å². The van der Waals surface area contributed by atoms with E-state index < -0.39 is 12.1 Å². The van der Waals surface area contributed by atoms with Crippen molar-refractivity contribution in [2.45, 2.75) is 212 Å². The maximum Gasteiger partial charge on any atom is 0.220 e. The summed E-state index contributed by atoms with van der Waals surface area (Å²) in [6, 6.07) is -0.568. The van der Waals surface area contributed by atoms with E-state index in [0.29, 0.717) is 12.8 Å². The number of carbonyl (C=O) groups excluding carboxylic acids is 1. The smallest absolute Gasteiger partial charge is 0.220 e. The van der Waals surface area contributed by atoms with Crippen molar-refractivity contribution in [1.82, 2.24) is 5.32 Å². The van der Waals surface area contributed by atoms with Crippen LogP contribution in [0.15, 0.2) is 60.8 Å². The average Bonchev–Trinajstić information content (AvgIpc) is 3.10. The van der Waals surface area contributed by atoms with Crippen molar-refractivity contribution in [3.63, 3.8) is 0 Å². The fourth-order valence-electron chi connectivity index (χ4n) is 6.10. The van der Waals surface area contributed by atoms with E-state index in [0.717, 1.165) is 57.8 Å². The summed E-state index contributed by atoms with van der Waals surface area (Å²) >= 11 is 0. The zero-order valence-electron chi connectivity index (χ0n) is 32.4. The van der Waals surface area contributed by atoms with E-state index in [4.69, 9.17) is 0 Å². The molecule has 2 atom stereocenters. The minimum Gasteiger partial charge on any atom is -0.394 e. The van der Waals surface area contributed by atoms with Crippen molar-refractivity contribution in [1.29, 1.82) is 0 Å². The molecule has 0 aromatic rings. The lowest BCUT2D eigenvalue weighted by Crippen LogP contribution is -2.45. The van der Waals surface area contributed by atoms with Gasteiger partial charge < -0.3 is 15.5 Å². The molecule has 0 aromatic carbocycles. The van der Waals surface area contributed by atoms with Gasteiger partial charge in [0.1, 0.15) is 0 Å². The highest BCUT2D eigenvalue weighted by atomic mass is 16.3. The number of aliphatic hydroxyl groups excluding tert-OH is 2. The number of aliphatic hydroxyl groups is 2. The summed E-state index contributed by atoms with van der Waals surface area (Å²) in [5.74, 6) is -0.0889. The highest BCUT2D eigenvalue weighted by Gasteiger charge is 2.19. The Balaban J connectivity index is 3.63. The topological polar surface area (TPSA) is 69.6 Å². The Labute approximate surface area is 305 Å². The van der Waals surface area contributed by atoms with Crippen LogP contribution in [0.5, 0.6) is 0 Å². The molecule has 2 unspecified atom stereocenters. The molecule has 4 nitrogen and oxygen atoms in total. The van der Waals surface area contributed by atoms with Gasteiger partial charge in [-0.25, -0.2) is 0 Å². The van der Waals surface area contributed by atoms with Gasteiger partial charge in [-0.3, -0.25) is 4.79 Å². The summed E-state index contributed by atoms with van der Waals surface area (Å²) in [5, 5.41) is 23.1. The van der Waals surface area contributed by atoms with Gasteiger partial charge in [-0.1, -0.05) is 203 Å². The molecule has 0 aromatic heterocycles. The van der Waals surface area contributed by atoms with Crippen molar-refractivity contribution in [2.24, 2.45) is 0 Å². The molecule has 4 heteroatoms. The number of unbranched alkanes of at least 4 members (excludes halogenated alkanes) is 20. The van der Waals surface area contributed by atoms with Gasteiger partial charge in [-0.2, -0.15) is 0 Å². The van der Waals surface area contributed by atoms with Crippen LogP contribution in [0.4, 0.5) is 0 Å². The van der Waals surface area contributed by atoms with E-state index in [9.17, 15) is 15.0 Å². The molecule has 284 valence electrons. The minimum absolute atomic E-state index is 0.0889. The largest absolute Gasteiger partial charge is 0.394 e. The lowest BCUT2D eigenvalue weighted by Gasteiger charge is -2.22. The molecule has 0 saturated heterocycles. The first kappa shape index (κ1) is 47.1. The summed E-state index contributed by atoms with van der Waals surface area (Å²) in [7, 11) is 0. The minimum atomic E-state index is -0.685. The highest BCUT2D eigenvalue weighted by molar-refractivity contribution is 5.76. The van der Waals surface area contributed by atoms with Gasteiger partial charge in [0.15, 0.2) is 0 Å². The van der Waals surface area contributed by atoms with Crippen molar-refractivity contribution in [3.8, 4) is 0 Å². The Hall–Kier alpha value is -1.91. The molecule has 0 aliphatic heterocycles. The Morgan fingerprint density at radius 3 is 1.27 bits per heavy atom. The zero-order chi connectivity index (χ0) is 35.7. The number of nitrogens with one attached hydrogen (secondary N) is 1. The van der Waals surface area contributed by atoms with Crippen LogP contribution in [-0.4, -0.2) is 34.9 Å². The summed E-state index contributed by atoms with van der Waals surface area (Å²) in [4.78, 5) is 12.4. The fraction of sp³-hybridized carbons (Fsp3) is 0.756. The Morgan fingerprint density at radius 1 is 0.510 bits per heavy atom. The molecule has 0 fully saturated rings. The van der Waals surface area contributed by atoms with Gasteiger partial charge in [-0.15, -0.1) is 0 Å². The lowest BCUT2D eigenvalue weighted by atomic mass is 10.0. The number of carbonyl (C=O) groups is 1. The van der Waals surface area contributed by atoms with Crippen LogP contribution >= 0.6 is 0 Å². The van der Waals surface area contributed by atoms with Crippen LogP contribution in [0.1, 0.15) is 200 Å². The maximum atomic E-state index is 12.4. The van der Waals surface area contributed by atoms with Crippen LogP contribution < -0.4 is 5.32 Å². The van der Waals surface area contributed by atoms with Crippen LogP contribution in [0.25, 0.3) is 0 Å². The highest BCUT2D eigenvalue weighted by Crippen LogP contribution is 2.16. The SMILES string of the molecule is CC/C=C\C/C=C\C/C=C\C/C=C\C/C=C\CCCC(=O)NC(CO)C(O)CCCCCCCCCCCCCCCCCCCCCC. The summed E-state index contributed by atoms with van der Waals surface area (Å²) in [6.45, 7) is 4.22. The van der Waals surface area contributed by atoms with Crippen LogP contribution in [0, 0.1) is 0 Å². The average molecular weight is 684 g/mol. The molecule has 0 heterocycles. The second-order valence-corrected chi connectivity index (χ2v) is 14.0. The quantitative estimate of drug-likeness (QED) is 0.0451. The monoisotopic (exact) mass is 684 g/mol. The Kier molecular flexibility index (Phi) is 38.9. The number of allylic oxidation sites excluding steroid dienone is 10. The molecule has 0 aliphatic rings. The van der Waals surface area contributed by atoms with E-state index in [-0.39, 0.29) is 12.5 Å². The molecule has 0 radical (unpaired) electrons. The number of rotatable bonds is 37. The van der Waals surface area contributed by atoms with E-state index in [1.54, 1.807) is 0 Å². The van der Waals surface area contributed by atoms with E-state index in [2.05, 4.69) is 79.9 Å². The number of hydrogen-bond donors (Lipinski definition) is 3. The summed E-state index contributed by atoms with van der Waals surface area (Å²) < 4.78 is 0. The first-order chi connectivity index (χ1) is 24.2. The van der Waals surface area contributed by atoms with Gasteiger partial charge in [0.2, 0.25) is 5.91 Å².